The molecule has 1 aliphatic rings. The van der Waals surface area contributed by atoms with Crippen molar-refractivity contribution >= 4 is 17.8 Å². The highest BCUT2D eigenvalue weighted by Gasteiger charge is 2.39. The zero-order valence-electron chi connectivity index (χ0n) is 18.0. The van der Waals surface area contributed by atoms with E-state index < -0.39 is 42.3 Å². The average molecular weight is 479 g/mol. The molecule has 2 heterocycles. The monoisotopic (exact) mass is 479 g/mol. The topological polar surface area (TPSA) is 155 Å². The SMILES string of the molecule is COC(=O)CCCCCNC(=O)NC[C@H]1OC[C@H](Nc2cncc(C(F)(F)F)n2)[C@@H](O)[C@H]1O. The van der Waals surface area contributed by atoms with Crippen LogP contribution in [-0.4, -0.2) is 83.3 Å². The maximum atomic E-state index is 12.8. The van der Waals surface area contributed by atoms with E-state index in [1.54, 1.807) is 0 Å². The predicted molar refractivity (Wildman–Crippen MR) is 108 cm³/mol. The molecule has 14 heteroatoms. The van der Waals surface area contributed by atoms with E-state index in [4.69, 9.17) is 4.74 Å². The molecule has 186 valence electrons. The summed E-state index contributed by atoms with van der Waals surface area (Å²) in [5, 5.41) is 28.3. The van der Waals surface area contributed by atoms with Gasteiger partial charge >= 0.3 is 18.2 Å². The van der Waals surface area contributed by atoms with Crippen molar-refractivity contribution in [3.63, 3.8) is 0 Å². The predicted octanol–water partition coefficient (Wildman–Crippen LogP) is 0.429. The minimum atomic E-state index is -4.67. The quantitative estimate of drug-likeness (QED) is 0.237. The number of hydrogen-bond donors (Lipinski definition) is 5. The lowest BCUT2D eigenvalue weighted by Gasteiger charge is -2.38. The molecule has 1 aromatic rings. The highest BCUT2D eigenvalue weighted by atomic mass is 19.4. The van der Waals surface area contributed by atoms with Gasteiger partial charge < -0.3 is 35.6 Å². The smallest absolute Gasteiger partial charge is 0.434 e. The van der Waals surface area contributed by atoms with Gasteiger partial charge in [0.15, 0.2) is 5.69 Å². The molecule has 1 aromatic heterocycles. The third kappa shape index (κ3) is 8.63. The Hall–Kier alpha value is -2.71. The van der Waals surface area contributed by atoms with Crippen LogP contribution in [0, 0.1) is 0 Å². The number of hydrogen-bond acceptors (Lipinski definition) is 9. The Morgan fingerprint density at radius 3 is 2.64 bits per heavy atom. The number of carbonyl (C=O) groups is 2. The van der Waals surface area contributed by atoms with Crippen LogP contribution in [0.5, 0.6) is 0 Å². The molecule has 11 nitrogen and oxygen atoms in total. The Morgan fingerprint density at radius 1 is 1.18 bits per heavy atom. The van der Waals surface area contributed by atoms with Gasteiger partial charge in [0.25, 0.3) is 0 Å². The fourth-order valence-corrected chi connectivity index (χ4v) is 3.08. The number of aliphatic hydroxyl groups excluding tert-OH is 2. The van der Waals surface area contributed by atoms with E-state index in [1.807, 2.05) is 0 Å². The molecule has 0 unspecified atom stereocenters. The summed E-state index contributed by atoms with van der Waals surface area (Å²) in [5.41, 5.74) is -1.20. The molecule has 1 fully saturated rings. The fraction of sp³-hybridized carbons (Fsp3) is 0.684. The van der Waals surface area contributed by atoms with E-state index in [0.29, 0.717) is 32.0 Å². The Balaban J connectivity index is 1.71. The highest BCUT2D eigenvalue weighted by Crippen LogP contribution is 2.28. The molecule has 0 radical (unpaired) electrons. The summed E-state index contributed by atoms with van der Waals surface area (Å²) < 4.78 is 48.3. The van der Waals surface area contributed by atoms with Crippen molar-refractivity contribution in [2.75, 3.05) is 32.1 Å². The van der Waals surface area contributed by atoms with Gasteiger partial charge in [-0.3, -0.25) is 9.78 Å². The largest absolute Gasteiger partial charge is 0.469 e. The Labute approximate surface area is 188 Å². The lowest BCUT2D eigenvalue weighted by Crippen LogP contribution is -2.58. The van der Waals surface area contributed by atoms with Crippen molar-refractivity contribution in [3.8, 4) is 0 Å². The first-order valence-electron chi connectivity index (χ1n) is 10.3. The number of nitrogens with zero attached hydrogens (tertiary/aromatic N) is 2. The molecule has 33 heavy (non-hydrogen) atoms. The third-order valence-electron chi connectivity index (χ3n) is 4.93. The number of unbranched alkanes of at least 4 members (excludes halogenated alkanes) is 2. The van der Waals surface area contributed by atoms with E-state index in [0.717, 1.165) is 12.6 Å². The summed E-state index contributed by atoms with van der Waals surface area (Å²) in [4.78, 5) is 29.7. The molecule has 0 spiro atoms. The molecular weight excluding hydrogens is 451 g/mol. The number of alkyl halides is 3. The van der Waals surface area contributed by atoms with Crippen LogP contribution in [-0.2, 0) is 20.4 Å². The molecule has 0 saturated carbocycles. The van der Waals surface area contributed by atoms with Gasteiger partial charge in [0.05, 0.1) is 32.2 Å². The third-order valence-corrected chi connectivity index (χ3v) is 4.93. The minimum Gasteiger partial charge on any atom is -0.469 e. The second kappa shape index (κ2) is 12.5. The number of ether oxygens (including phenoxy) is 2. The first-order valence-corrected chi connectivity index (χ1v) is 10.3. The van der Waals surface area contributed by atoms with Crippen molar-refractivity contribution < 1.29 is 42.4 Å². The van der Waals surface area contributed by atoms with Gasteiger partial charge in [0.2, 0.25) is 0 Å². The summed E-state index contributed by atoms with van der Waals surface area (Å²) in [6.07, 6.45) is -4.40. The van der Waals surface area contributed by atoms with Crippen molar-refractivity contribution in [1.29, 1.82) is 0 Å². The molecule has 0 aliphatic carbocycles. The standard InChI is InChI=1S/C19H28F3N5O6/c1-32-15(28)5-3-2-4-6-24-18(31)25-7-12-17(30)16(29)11(10-33-12)26-14-9-23-8-13(27-14)19(20,21)22/h8-9,11-12,16-17,29-30H,2-7,10H2,1H3,(H,26,27)(H2,24,25,31)/t11-,12+,16+,17-/m0/s1. The van der Waals surface area contributed by atoms with Gasteiger partial charge in [0.1, 0.15) is 24.1 Å². The summed E-state index contributed by atoms with van der Waals surface area (Å²) in [6.45, 7) is 0.139. The minimum absolute atomic E-state index is 0.0948. The van der Waals surface area contributed by atoms with Crippen LogP contribution < -0.4 is 16.0 Å². The Morgan fingerprint density at radius 2 is 1.94 bits per heavy atom. The number of urea groups is 1. The normalized spacial score (nSPS) is 23.0. The van der Waals surface area contributed by atoms with E-state index in [-0.39, 0.29) is 24.9 Å². The first kappa shape index (κ1) is 26.5. The Kier molecular flexibility index (Phi) is 10.1. The highest BCUT2D eigenvalue weighted by molar-refractivity contribution is 5.73. The van der Waals surface area contributed by atoms with Gasteiger partial charge in [-0.2, -0.15) is 13.2 Å². The number of aromatic nitrogens is 2. The summed E-state index contributed by atoms with van der Waals surface area (Å²) in [7, 11) is 1.32. The van der Waals surface area contributed by atoms with Crippen molar-refractivity contribution in [3.05, 3.63) is 18.1 Å². The number of amides is 2. The molecule has 4 atom stereocenters. The molecule has 5 N–H and O–H groups in total. The molecule has 1 saturated heterocycles. The van der Waals surface area contributed by atoms with E-state index in [9.17, 15) is 33.0 Å². The van der Waals surface area contributed by atoms with Crippen LogP contribution in [0.4, 0.5) is 23.8 Å². The van der Waals surface area contributed by atoms with Crippen molar-refractivity contribution in [2.24, 2.45) is 0 Å². The lowest BCUT2D eigenvalue weighted by atomic mass is 9.98. The molecule has 0 aromatic carbocycles. The second-order valence-corrected chi connectivity index (χ2v) is 7.41. The van der Waals surface area contributed by atoms with Crippen LogP contribution >= 0.6 is 0 Å². The van der Waals surface area contributed by atoms with Crippen LogP contribution in [0.3, 0.4) is 0 Å². The Bertz CT molecular complexity index is 785. The number of carbonyl (C=O) groups excluding carboxylic acids is 2. The average Bonchev–Trinajstić information content (AvgIpc) is 2.78. The number of esters is 1. The van der Waals surface area contributed by atoms with Crippen LogP contribution in [0.25, 0.3) is 0 Å². The number of methoxy groups -OCH3 is 1. The first-order chi connectivity index (χ1) is 15.6. The molecule has 2 rings (SSSR count). The van der Waals surface area contributed by atoms with Gasteiger partial charge in [-0.05, 0) is 12.8 Å². The number of rotatable bonds is 10. The van der Waals surface area contributed by atoms with Gasteiger partial charge in [-0.25, -0.2) is 9.78 Å². The van der Waals surface area contributed by atoms with Crippen LogP contribution in [0.2, 0.25) is 0 Å². The van der Waals surface area contributed by atoms with E-state index in [2.05, 4.69) is 30.7 Å². The van der Waals surface area contributed by atoms with Gasteiger partial charge in [0, 0.05) is 19.5 Å². The number of anilines is 1. The van der Waals surface area contributed by atoms with Crippen LogP contribution in [0.1, 0.15) is 31.4 Å². The van der Waals surface area contributed by atoms with Gasteiger partial charge in [-0.1, -0.05) is 6.42 Å². The maximum Gasteiger partial charge on any atom is 0.434 e. The van der Waals surface area contributed by atoms with Crippen molar-refractivity contribution in [2.45, 2.75) is 56.2 Å². The molecule has 2 amide bonds. The van der Waals surface area contributed by atoms with E-state index in [1.165, 1.54) is 7.11 Å². The van der Waals surface area contributed by atoms with Crippen LogP contribution in [0.15, 0.2) is 12.4 Å². The maximum absolute atomic E-state index is 12.8. The summed E-state index contributed by atoms with van der Waals surface area (Å²) in [5.74, 6) is -0.513. The number of halogens is 3. The molecular formula is C19H28F3N5O6. The lowest BCUT2D eigenvalue weighted by molar-refractivity contribution is -0.142. The summed E-state index contributed by atoms with van der Waals surface area (Å²) >= 11 is 0. The zero-order valence-corrected chi connectivity index (χ0v) is 18.0. The van der Waals surface area contributed by atoms with Gasteiger partial charge in [-0.15, -0.1) is 0 Å². The zero-order chi connectivity index (χ0) is 24.4. The second-order valence-electron chi connectivity index (χ2n) is 7.41. The summed E-state index contributed by atoms with van der Waals surface area (Å²) in [6, 6.07) is -1.43. The van der Waals surface area contributed by atoms with E-state index >= 15 is 0 Å². The number of aliphatic hydroxyl groups is 2. The number of nitrogens with one attached hydrogen (secondary N) is 3. The fourth-order valence-electron chi connectivity index (χ4n) is 3.08. The molecule has 1 aliphatic heterocycles. The molecule has 0 bridgehead atoms. The van der Waals surface area contributed by atoms with Crippen molar-refractivity contribution in [1.82, 2.24) is 20.6 Å².